The molecule has 6 heteroatoms. The van der Waals surface area contributed by atoms with Crippen molar-refractivity contribution in [1.29, 1.82) is 0 Å². The van der Waals surface area contributed by atoms with Gasteiger partial charge in [0.05, 0.1) is 11.8 Å². The molecule has 0 aromatic heterocycles. The van der Waals surface area contributed by atoms with Gasteiger partial charge in [0.2, 0.25) is 11.8 Å². The van der Waals surface area contributed by atoms with Gasteiger partial charge in [-0.25, -0.2) is 0 Å². The lowest BCUT2D eigenvalue weighted by atomic mass is 10.0. The van der Waals surface area contributed by atoms with Crippen LogP contribution in [0.4, 0.5) is 0 Å². The molecule has 0 radical (unpaired) electrons. The molecule has 1 saturated carbocycles. The number of hydrogen-bond donors (Lipinski definition) is 2. The molecule has 2 aliphatic rings. The smallest absolute Gasteiger partial charge is 0.307 e. The zero-order valence-corrected chi connectivity index (χ0v) is 11.4. The number of rotatable bonds is 3. The monoisotopic (exact) mass is 288 g/mol. The lowest BCUT2D eigenvalue weighted by Crippen LogP contribution is -2.52. The molecule has 0 unspecified atom stereocenters. The molecule has 2 fully saturated rings. The molecule has 110 valence electrons. The number of piperazine rings is 1. The van der Waals surface area contributed by atoms with Gasteiger partial charge < -0.3 is 15.3 Å². The fraction of sp³-hybridized carbons (Fsp3) is 0.400. The van der Waals surface area contributed by atoms with Crippen LogP contribution >= 0.6 is 0 Å². The molecular formula is C15H16N2O4. The summed E-state index contributed by atoms with van der Waals surface area (Å²) >= 11 is 0. The van der Waals surface area contributed by atoms with Crippen molar-refractivity contribution in [1.82, 2.24) is 10.2 Å². The number of nitrogens with one attached hydrogen (secondary N) is 1. The molecule has 1 aliphatic heterocycles. The Bertz CT molecular complexity index is 587. The first-order valence-corrected chi connectivity index (χ1v) is 6.95. The van der Waals surface area contributed by atoms with E-state index in [4.69, 9.17) is 5.11 Å². The highest BCUT2D eigenvalue weighted by atomic mass is 16.4. The molecule has 1 aromatic rings. The maximum Gasteiger partial charge on any atom is 0.307 e. The molecule has 6 nitrogen and oxygen atoms in total. The van der Waals surface area contributed by atoms with E-state index in [1.807, 2.05) is 18.2 Å². The standard InChI is InChI=1S/C15H16N2O4/c18-13-12(9-4-2-1-3-5-9)17(7-6-16-13)14(19)10-8-11(10)15(20)21/h1-5,10-12H,6-8H2,(H,16,18)(H,20,21)/t10-,11+,12-/m0/s1. The van der Waals surface area contributed by atoms with Crippen molar-refractivity contribution in [2.24, 2.45) is 11.8 Å². The Kier molecular flexibility index (Phi) is 3.37. The highest BCUT2D eigenvalue weighted by Gasteiger charge is 2.51. The van der Waals surface area contributed by atoms with Crippen molar-refractivity contribution in [2.45, 2.75) is 12.5 Å². The largest absolute Gasteiger partial charge is 0.481 e. The van der Waals surface area contributed by atoms with Gasteiger partial charge in [-0.05, 0) is 12.0 Å². The molecule has 2 amide bonds. The minimum atomic E-state index is -0.939. The van der Waals surface area contributed by atoms with Crippen LogP contribution in [-0.4, -0.2) is 40.9 Å². The molecule has 21 heavy (non-hydrogen) atoms. The molecule has 1 aliphatic carbocycles. The number of nitrogens with zero attached hydrogens (tertiary/aromatic N) is 1. The summed E-state index contributed by atoms with van der Waals surface area (Å²) in [6.45, 7) is 0.811. The summed E-state index contributed by atoms with van der Waals surface area (Å²) < 4.78 is 0. The summed E-state index contributed by atoms with van der Waals surface area (Å²) in [4.78, 5) is 37.1. The first-order chi connectivity index (χ1) is 10.1. The van der Waals surface area contributed by atoms with Gasteiger partial charge in [0.15, 0.2) is 0 Å². The maximum atomic E-state index is 12.5. The van der Waals surface area contributed by atoms with Crippen molar-refractivity contribution in [2.75, 3.05) is 13.1 Å². The molecular weight excluding hydrogens is 272 g/mol. The lowest BCUT2D eigenvalue weighted by Gasteiger charge is -2.35. The van der Waals surface area contributed by atoms with Crippen molar-refractivity contribution < 1.29 is 19.5 Å². The van der Waals surface area contributed by atoms with Gasteiger partial charge in [-0.15, -0.1) is 0 Å². The second-order valence-corrected chi connectivity index (χ2v) is 5.42. The fourth-order valence-electron chi connectivity index (χ4n) is 2.82. The minimum absolute atomic E-state index is 0.215. The normalized spacial score (nSPS) is 27.9. The summed E-state index contributed by atoms with van der Waals surface area (Å²) in [5, 5.41) is 11.7. The van der Waals surface area contributed by atoms with Crippen molar-refractivity contribution in [3.05, 3.63) is 35.9 Å². The molecule has 3 atom stereocenters. The van der Waals surface area contributed by atoms with E-state index in [0.717, 1.165) is 5.56 Å². The maximum absolute atomic E-state index is 12.5. The van der Waals surface area contributed by atoms with Gasteiger partial charge >= 0.3 is 5.97 Å². The van der Waals surface area contributed by atoms with Crippen LogP contribution < -0.4 is 5.32 Å². The number of carbonyl (C=O) groups excluding carboxylic acids is 2. The summed E-state index contributed by atoms with van der Waals surface area (Å²) in [7, 11) is 0. The topological polar surface area (TPSA) is 86.7 Å². The van der Waals surface area contributed by atoms with Gasteiger partial charge in [-0.2, -0.15) is 0 Å². The average molecular weight is 288 g/mol. The van der Waals surface area contributed by atoms with E-state index in [9.17, 15) is 14.4 Å². The molecule has 3 rings (SSSR count). The van der Waals surface area contributed by atoms with Gasteiger partial charge in [-0.3, -0.25) is 14.4 Å². The van der Waals surface area contributed by atoms with E-state index in [2.05, 4.69) is 5.32 Å². The van der Waals surface area contributed by atoms with Gasteiger partial charge in [0, 0.05) is 13.1 Å². The first kappa shape index (κ1) is 13.6. The van der Waals surface area contributed by atoms with Crippen LogP contribution in [0.15, 0.2) is 30.3 Å². The Hall–Kier alpha value is -2.37. The van der Waals surface area contributed by atoms with Crippen LogP contribution in [0.2, 0.25) is 0 Å². The van der Waals surface area contributed by atoms with E-state index >= 15 is 0 Å². The molecule has 0 spiro atoms. The van der Waals surface area contributed by atoms with E-state index in [1.54, 1.807) is 12.1 Å². The van der Waals surface area contributed by atoms with E-state index in [-0.39, 0.29) is 11.8 Å². The second kappa shape index (κ2) is 5.20. The predicted octanol–water partition coefficient (Wildman–Crippen LogP) is 0.407. The highest BCUT2D eigenvalue weighted by molar-refractivity contribution is 5.94. The van der Waals surface area contributed by atoms with Crippen LogP contribution in [0.25, 0.3) is 0 Å². The third-order valence-electron chi connectivity index (χ3n) is 4.04. The number of carbonyl (C=O) groups is 3. The lowest BCUT2D eigenvalue weighted by molar-refractivity contribution is -0.146. The predicted molar refractivity (Wildman–Crippen MR) is 73.1 cm³/mol. The van der Waals surface area contributed by atoms with Crippen LogP contribution in [0.5, 0.6) is 0 Å². The van der Waals surface area contributed by atoms with Crippen LogP contribution in [-0.2, 0) is 14.4 Å². The molecule has 1 heterocycles. The van der Waals surface area contributed by atoms with E-state index < -0.39 is 23.8 Å². The highest BCUT2D eigenvalue weighted by Crippen LogP contribution is 2.41. The summed E-state index contributed by atoms with van der Waals surface area (Å²) in [6.07, 6.45) is 0.369. The Morgan fingerprint density at radius 1 is 1.19 bits per heavy atom. The fourth-order valence-corrected chi connectivity index (χ4v) is 2.82. The van der Waals surface area contributed by atoms with Crippen molar-refractivity contribution in [3.8, 4) is 0 Å². The first-order valence-electron chi connectivity index (χ1n) is 6.95. The van der Waals surface area contributed by atoms with Gasteiger partial charge in [0.25, 0.3) is 0 Å². The summed E-state index contributed by atoms with van der Waals surface area (Å²) in [6, 6.07) is 8.42. The van der Waals surface area contributed by atoms with Gasteiger partial charge in [0.1, 0.15) is 6.04 Å². The zero-order chi connectivity index (χ0) is 15.0. The quantitative estimate of drug-likeness (QED) is 0.843. The number of aliphatic carboxylic acids is 1. The number of amides is 2. The Morgan fingerprint density at radius 3 is 2.52 bits per heavy atom. The molecule has 1 saturated heterocycles. The van der Waals surface area contributed by atoms with Crippen molar-refractivity contribution >= 4 is 17.8 Å². The Balaban J connectivity index is 1.84. The Labute approximate surface area is 121 Å². The van der Waals surface area contributed by atoms with Crippen LogP contribution in [0.3, 0.4) is 0 Å². The average Bonchev–Trinajstić information content (AvgIpc) is 3.28. The zero-order valence-electron chi connectivity index (χ0n) is 11.4. The molecule has 0 bridgehead atoms. The van der Waals surface area contributed by atoms with E-state index in [0.29, 0.717) is 19.5 Å². The summed E-state index contributed by atoms with van der Waals surface area (Å²) in [5.74, 6) is -2.47. The van der Waals surface area contributed by atoms with Crippen LogP contribution in [0, 0.1) is 11.8 Å². The third kappa shape index (κ3) is 2.49. The minimum Gasteiger partial charge on any atom is -0.481 e. The van der Waals surface area contributed by atoms with Crippen LogP contribution in [0.1, 0.15) is 18.0 Å². The second-order valence-electron chi connectivity index (χ2n) is 5.42. The summed E-state index contributed by atoms with van der Waals surface area (Å²) in [5.41, 5.74) is 0.746. The number of hydrogen-bond acceptors (Lipinski definition) is 3. The molecule has 1 aromatic carbocycles. The number of carboxylic acid groups (broad SMARTS) is 1. The van der Waals surface area contributed by atoms with E-state index in [1.165, 1.54) is 4.90 Å². The third-order valence-corrected chi connectivity index (χ3v) is 4.04. The van der Waals surface area contributed by atoms with Crippen molar-refractivity contribution in [3.63, 3.8) is 0 Å². The Morgan fingerprint density at radius 2 is 1.90 bits per heavy atom. The SMILES string of the molecule is O=C1NCCN(C(=O)[C@H]2C[C@H]2C(=O)O)[C@H]1c1ccccc1. The molecule has 2 N–H and O–H groups in total. The van der Waals surface area contributed by atoms with Gasteiger partial charge in [-0.1, -0.05) is 30.3 Å². The number of benzene rings is 1. The number of carboxylic acids is 1.